The van der Waals surface area contributed by atoms with Crippen LogP contribution in [0.4, 0.5) is 4.39 Å². The Bertz CT molecular complexity index is 499. The fraction of sp³-hybridized carbons (Fsp3) is 0. The molecule has 5 heteroatoms. The number of halogens is 1. The standard InChI is InChI=1S/C8H4FN3S/c9-8-6-3-1-2-4-7(6)12(11-8)10-5-13/h1-4H. The number of nitrogens with zero attached hydrogens (tertiary/aromatic N) is 3. The Morgan fingerprint density at radius 2 is 2.23 bits per heavy atom. The van der Waals surface area contributed by atoms with Gasteiger partial charge in [-0.05, 0) is 24.4 Å². The molecular weight excluding hydrogens is 189 g/mol. The molecule has 13 heavy (non-hydrogen) atoms. The molecule has 0 fully saturated rings. The predicted molar refractivity (Wildman–Crippen MR) is 50.1 cm³/mol. The molecular formula is C8H4FN3S. The topological polar surface area (TPSA) is 30.2 Å². The van der Waals surface area contributed by atoms with Gasteiger partial charge in [-0.2, -0.15) is 4.39 Å². The highest BCUT2D eigenvalue weighted by molar-refractivity contribution is 7.78. The van der Waals surface area contributed by atoms with Gasteiger partial charge in [0.1, 0.15) is 0 Å². The maximum atomic E-state index is 13.1. The lowest BCUT2D eigenvalue weighted by Crippen LogP contribution is -1.89. The highest BCUT2D eigenvalue weighted by atomic mass is 32.1. The van der Waals surface area contributed by atoms with Gasteiger partial charge in [-0.15, -0.1) is 9.89 Å². The van der Waals surface area contributed by atoms with Crippen molar-refractivity contribution in [2.75, 3.05) is 0 Å². The summed E-state index contributed by atoms with van der Waals surface area (Å²) < 4.78 is 13.1. The van der Waals surface area contributed by atoms with Crippen LogP contribution in [-0.4, -0.2) is 15.1 Å². The van der Waals surface area contributed by atoms with Gasteiger partial charge in [0.05, 0.1) is 16.1 Å². The van der Waals surface area contributed by atoms with Crippen LogP contribution in [-0.2, 0) is 0 Å². The molecule has 0 atom stereocenters. The van der Waals surface area contributed by atoms with Crippen molar-refractivity contribution in [1.29, 1.82) is 0 Å². The van der Waals surface area contributed by atoms with E-state index in [-0.39, 0.29) is 0 Å². The Kier molecular flexibility index (Phi) is 1.88. The summed E-state index contributed by atoms with van der Waals surface area (Å²) in [7, 11) is 0. The first kappa shape index (κ1) is 8.04. The van der Waals surface area contributed by atoms with E-state index >= 15 is 0 Å². The number of isothiocyanates is 1. The van der Waals surface area contributed by atoms with Crippen LogP contribution in [0.25, 0.3) is 10.9 Å². The lowest BCUT2D eigenvalue weighted by Gasteiger charge is -1.89. The van der Waals surface area contributed by atoms with E-state index in [0.29, 0.717) is 10.9 Å². The number of hydrogen-bond donors (Lipinski definition) is 0. The summed E-state index contributed by atoms with van der Waals surface area (Å²) in [6.45, 7) is 0. The fourth-order valence-corrected chi connectivity index (χ4v) is 1.21. The number of aromatic nitrogens is 2. The maximum absolute atomic E-state index is 13.1. The summed E-state index contributed by atoms with van der Waals surface area (Å²) in [4.78, 5) is 1.12. The van der Waals surface area contributed by atoms with Crippen LogP contribution in [0.5, 0.6) is 0 Å². The largest absolute Gasteiger partial charge is 0.242 e. The molecule has 1 aromatic heterocycles. The number of rotatable bonds is 1. The van der Waals surface area contributed by atoms with Crippen molar-refractivity contribution in [2.24, 2.45) is 5.10 Å². The van der Waals surface area contributed by atoms with Crippen LogP contribution in [0, 0.1) is 5.95 Å². The first-order valence-electron chi connectivity index (χ1n) is 3.54. The molecule has 64 valence electrons. The highest BCUT2D eigenvalue weighted by Crippen LogP contribution is 2.16. The zero-order valence-electron chi connectivity index (χ0n) is 6.44. The molecule has 0 unspecified atom stereocenters. The minimum Gasteiger partial charge on any atom is -0.182 e. The third kappa shape index (κ3) is 1.24. The van der Waals surface area contributed by atoms with Crippen LogP contribution in [0.2, 0.25) is 0 Å². The van der Waals surface area contributed by atoms with Crippen LogP contribution in [0.15, 0.2) is 29.4 Å². The fourth-order valence-electron chi connectivity index (χ4n) is 1.13. The average molecular weight is 193 g/mol. The van der Waals surface area contributed by atoms with Crippen molar-refractivity contribution in [2.45, 2.75) is 0 Å². The SMILES string of the molecule is Fc1nn(N=C=S)c2ccccc12. The zero-order valence-corrected chi connectivity index (χ0v) is 7.25. The van der Waals surface area contributed by atoms with Gasteiger partial charge in [0.2, 0.25) is 5.95 Å². The maximum Gasteiger partial charge on any atom is 0.242 e. The molecule has 0 aliphatic heterocycles. The lowest BCUT2D eigenvalue weighted by atomic mass is 10.3. The van der Waals surface area contributed by atoms with Crippen molar-refractivity contribution in [3.05, 3.63) is 30.2 Å². The number of thiocarbonyl (C=S) groups is 1. The first-order chi connectivity index (χ1) is 6.33. The first-order valence-corrected chi connectivity index (χ1v) is 3.95. The number of para-hydroxylation sites is 1. The van der Waals surface area contributed by atoms with Gasteiger partial charge >= 0.3 is 0 Å². The zero-order chi connectivity index (χ0) is 9.26. The summed E-state index contributed by atoms with van der Waals surface area (Å²) in [5.41, 5.74) is 0.581. The minimum atomic E-state index is -0.551. The van der Waals surface area contributed by atoms with Crippen LogP contribution in [0.1, 0.15) is 0 Å². The van der Waals surface area contributed by atoms with Crippen molar-refractivity contribution < 1.29 is 4.39 Å². The number of fused-ring (bicyclic) bond motifs is 1. The van der Waals surface area contributed by atoms with Crippen LogP contribution < -0.4 is 0 Å². The summed E-state index contributed by atoms with van der Waals surface area (Å²) in [6.07, 6.45) is 0. The average Bonchev–Trinajstić information content (AvgIpc) is 2.46. The molecule has 0 N–H and O–H groups in total. The van der Waals surface area contributed by atoms with Gasteiger partial charge in [0.25, 0.3) is 0 Å². The Labute approximate surface area is 78.5 Å². The molecule has 3 nitrogen and oxygen atoms in total. The van der Waals surface area contributed by atoms with Crippen LogP contribution in [0.3, 0.4) is 0 Å². The molecule has 0 saturated heterocycles. The molecule has 0 amide bonds. The van der Waals surface area contributed by atoms with Crippen molar-refractivity contribution in [3.8, 4) is 0 Å². The molecule has 1 heterocycles. The van der Waals surface area contributed by atoms with E-state index in [1.54, 1.807) is 24.3 Å². The van der Waals surface area contributed by atoms with Crippen molar-refractivity contribution >= 4 is 28.3 Å². The molecule has 0 aliphatic rings. The second kappa shape index (κ2) is 3.05. The third-order valence-corrected chi connectivity index (χ3v) is 1.74. The Morgan fingerprint density at radius 1 is 1.46 bits per heavy atom. The number of hydrogen-bond acceptors (Lipinski definition) is 3. The van der Waals surface area contributed by atoms with E-state index in [9.17, 15) is 4.39 Å². The van der Waals surface area contributed by atoms with E-state index < -0.39 is 5.95 Å². The van der Waals surface area contributed by atoms with Crippen LogP contribution >= 0.6 is 12.2 Å². The number of benzene rings is 1. The van der Waals surface area contributed by atoms with E-state index in [2.05, 4.69) is 27.6 Å². The van der Waals surface area contributed by atoms with E-state index in [4.69, 9.17) is 0 Å². The summed E-state index contributed by atoms with van der Waals surface area (Å²) >= 11 is 4.41. The monoisotopic (exact) mass is 193 g/mol. The second-order valence-corrected chi connectivity index (χ2v) is 2.57. The molecule has 0 aliphatic carbocycles. The molecule has 0 spiro atoms. The lowest BCUT2D eigenvalue weighted by molar-refractivity contribution is 0.559. The molecule has 0 radical (unpaired) electrons. The van der Waals surface area contributed by atoms with E-state index in [1.807, 2.05) is 0 Å². The van der Waals surface area contributed by atoms with Crippen molar-refractivity contribution in [1.82, 2.24) is 9.89 Å². The minimum absolute atomic E-state index is 0.427. The molecule has 2 aromatic rings. The highest BCUT2D eigenvalue weighted by Gasteiger charge is 2.07. The van der Waals surface area contributed by atoms with Gasteiger partial charge < -0.3 is 0 Å². The van der Waals surface area contributed by atoms with Gasteiger partial charge in [0, 0.05) is 0 Å². The van der Waals surface area contributed by atoms with Gasteiger partial charge in [-0.3, -0.25) is 0 Å². The summed E-state index contributed by atoms with van der Waals surface area (Å²) in [5, 5.41) is 9.68. The van der Waals surface area contributed by atoms with E-state index in [0.717, 1.165) is 4.79 Å². The molecule has 2 rings (SSSR count). The predicted octanol–water partition coefficient (Wildman–Crippen LogP) is 2.04. The van der Waals surface area contributed by atoms with Gasteiger partial charge in [0.15, 0.2) is 0 Å². The van der Waals surface area contributed by atoms with Gasteiger partial charge in [-0.25, -0.2) is 0 Å². The molecule has 0 saturated carbocycles. The third-order valence-electron chi connectivity index (χ3n) is 1.66. The Hall–Kier alpha value is -1.58. The quantitative estimate of drug-likeness (QED) is 0.512. The smallest absolute Gasteiger partial charge is 0.182 e. The van der Waals surface area contributed by atoms with E-state index in [1.165, 1.54) is 0 Å². The normalized spacial score (nSPS) is 9.92. The second-order valence-electron chi connectivity index (χ2n) is 2.39. The Balaban J connectivity index is 2.85. The summed E-state index contributed by atoms with van der Waals surface area (Å²) in [6, 6.07) is 6.85. The summed E-state index contributed by atoms with van der Waals surface area (Å²) in [5.74, 6) is -0.551. The molecule has 0 bridgehead atoms. The van der Waals surface area contributed by atoms with Gasteiger partial charge in [-0.1, -0.05) is 17.2 Å². The Morgan fingerprint density at radius 3 is 3.00 bits per heavy atom. The molecule has 1 aromatic carbocycles. The van der Waals surface area contributed by atoms with Crippen molar-refractivity contribution in [3.63, 3.8) is 0 Å².